The van der Waals surface area contributed by atoms with E-state index in [1.807, 2.05) is 13.8 Å². The van der Waals surface area contributed by atoms with Gasteiger partial charge in [0.2, 0.25) is 0 Å². The third-order valence-electron chi connectivity index (χ3n) is 3.88. The number of nitrogens with one attached hydrogen (secondary N) is 2. The van der Waals surface area contributed by atoms with Crippen LogP contribution in [0.3, 0.4) is 0 Å². The van der Waals surface area contributed by atoms with Crippen molar-refractivity contribution in [2.45, 2.75) is 45.3 Å². The molecule has 0 spiro atoms. The standard InChI is InChI=1S/C14H18F5N3O2/c1-8(2)12(3,4)21-20-10-6-5-9(7-11(10)22(23)24)13(15,16)14(17,18)19/h5-8,20-21H,1-4H3. The fraction of sp³-hybridized carbons (Fsp3) is 0.571. The first-order valence-corrected chi connectivity index (χ1v) is 6.97. The second-order valence-electron chi connectivity index (χ2n) is 6.19. The molecule has 0 aliphatic carbocycles. The summed E-state index contributed by atoms with van der Waals surface area (Å²) >= 11 is 0. The molecule has 1 aromatic rings. The summed E-state index contributed by atoms with van der Waals surface area (Å²) in [5.74, 6) is -5.07. The van der Waals surface area contributed by atoms with Crippen LogP contribution in [0, 0.1) is 16.0 Å². The van der Waals surface area contributed by atoms with Crippen molar-refractivity contribution < 1.29 is 26.9 Å². The van der Waals surface area contributed by atoms with Gasteiger partial charge in [0.1, 0.15) is 5.69 Å². The van der Waals surface area contributed by atoms with E-state index in [1.165, 1.54) is 0 Å². The van der Waals surface area contributed by atoms with Gasteiger partial charge in [-0.2, -0.15) is 22.0 Å². The summed E-state index contributed by atoms with van der Waals surface area (Å²) < 4.78 is 63.9. The highest BCUT2D eigenvalue weighted by molar-refractivity contribution is 5.62. The van der Waals surface area contributed by atoms with Gasteiger partial charge in [0.05, 0.1) is 4.92 Å². The molecule has 0 aromatic heterocycles. The normalized spacial score (nSPS) is 13.2. The number of anilines is 1. The van der Waals surface area contributed by atoms with Crippen LogP contribution in [-0.4, -0.2) is 16.6 Å². The molecule has 5 nitrogen and oxygen atoms in total. The van der Waals surface area contributed by atoms with Crippen LogP contribution in [0.25, 0.3) is 0 Å². The van der Waals surface area contributed by atoms with E-state index in [4.69, 9.17) is 0 Å². The Bertz CT molecular complexity index is 615. The number of benzene rings is 1. The lowest BCUT2D eigenvalue weighted by molar-refractivity contribution is -0.384. The molecule has 136 valence electrons. The molecular weight excluding hydrogens is 337 g/mol. The van der Waals surface area contributed by atoms with Gasteiger partial charge in [-0.15, -0.1) is 0 Å². The van der Waals surface area contributed by atoms with Gasteiger partial charge in [-0.25, -0.2) is 5.43 Å². The van der Waals surface area contributed by atoms with E-state index >= 15 is 0 Å². The summed E-state index contributed by atoms with van der Waals surface area (Å²) in [5.41, 5.74) is 2.21. The van der Waals surface area contributed by atoms with Gasteiger partial charge >= 0.3 is 12.1 Å². The first-order chi connectivity index (χ1) is 10.7. The van der Waals surface area contributed by atoms with Crippen LogP contribution in [0.4, 0.5) is 33.3 Å². The molecule has 0 amide bonds. The molecule has 1 rings (SSSR count). The quantitative estimate of drug-likeness (QED) is 0.445. The topological polar surface area (TPSA) is 67.2 Å². The third-order valence-corrected chi connectivity index (χ3v) is 3.88. The van der Waals surface area contributed by atoms with Gasteiger partial charge in [-0.1, -0.05) is 19.9 Å². The number of rotatable bonds is 6. The maximum atomic E-state index is 13.3. The second kappa shape index (κ2) is 6.50. The maximum Gasteiger partial charge on any atom is 0.458 e. The van der Waals surface area contributed by atoms with Crippen molar-refractivity contribution in [3.63, 3.8) is 0 Å². The fourth-order valence-electron chi connectivity index (χ4n) is 1.52. The molecule has 0 aliphatic heterocycles. The zero-order valence-corrected chi connectivity index (χ0v) is 13.5. The molecule has 0 saturated heterocycles. The predicted molar refractivity (Wildman–Crippen MR) is 78.7 cm³/mol. The van der Waals surface area contributed by atoms with E-state index in [9.17, 15) is 32.1 Å². The van der Waals surface area contributed by atoms with Gasteiger partial charge < -0.3 is 5.43 Å². The van der Waals surface area contributed by atoms with E-state index in [-0.39, 0.29) is 17.7 Å². The number of nitro benzene ring substituents is 1. The Morgan fingerprint density at radius 2 is 1.67 bits per heavy atom. The highest BCUT2D eigenvalue weighted by atomic mass is 19.4. The third kappa shape index (κ3) is 4.11. The number of halogens is 5. The van der Waals surface area contributed by atoms with E-state index < -0.39 is 33.8 Å². The molecule has 24 heavy (non-hydrogen) atoms. The SMILES string of the molecule is CC(C)C(C)(C)NNc1ccc(C(F)(F)C(F)(F)F)cc1[N+](=O)[O-]. The number of alkyl halides is 5. The summed E-state index contributed by atoms with van der Waals surface area (Å²) in [7, 11) is 0. The number of hydrazine groups is 1. The van der Waals surface area contributed by atoms with E-state index in [2.05, 4.69) is 10.9 Å². The lowest BCUT2D eigenvalue weighted by Crippen LogP contribution is -2.47. The number of hydrogen-bond acceptors (Lipinski definition) is 4. The van der Waals surface area contributed by atoms with E-state index in [1.54, 1.807) is 13.8 Å². The molecule has 1 aromatic carbocycles. The first kappa shape index (κ1) is 20.1. The molecule has 2 N–H and O–H groups in total. The lowest BCUT2D eigenvalue weighted by Gasteiger charge is -2.31. The molecule has 10 heteroatoms. The molecule has 0 radical (unpaired) electrons. The minimum absolute atomic E-state index is 0.109. The van der Waals surface area contributed by atoms with Crippen molar-refractivity contribution in [1.29, 1.82) is 0 Å². The number of nitrogens with zero attached hydrogens (tertiary/aromatic N) is 1. The van der Waals surface area contributed by atoms with Crippen molar-refractivity contribution in [2.24, 2.45) is 5.92 Å². The van der Waals surface area contributed by atoms with Gasteiger partial charge in [-0.3, -0.25) is 10.1 Å². The highest BCUT2D eigenvalue weighted by Crippen LogP contribution is 2.45. The lowest BCUT2D eigenvalue weighted by atomic mass is 9.92. The molecule has 0 fully saturated rings. The maximum absolute atomic E-state index is 13.3. The molecule has 0 unspecified atom stereocenters. The molecule has 0 heterocycles. The van der Waals surface area contributed by atoms with Crippen LogP contribution in [0.5, 0.6) is 0 Å². The average Bonchev–Trinajstić information content (AvgIpc) is 2.43. The first-order valence-electron chi connectivity index (χ1n) is 6.97. The summed E-state index contributed by atoms with van der Waals surface area (Å²) in [6.45, 7) is 7.36. The molecule has 0 bridgehead atoms. The summed E-state index contributed by atoms with van der Waals surface area (Å²) in [4.78, 5) is 10.00. The minimum Gasteiger partial charge on any atom is -0.315 e. The highest BCUT2D eigenvalue weighted by Gasteiger charge is 2.59. The minimum atomic E-state index is -5.84. The Balaban J connectivity index is 3.20. The Morgan fingerprint density at radius 3 is 2.08 bits per heavy atom. The van der Waals surface area contributed by atoms with Gasteiger partial charge in [0.25, 0.3) is 5.69 Å². The zero-order valence-electron chi connectivity index (χ0n) is 13.5. The smallest absolute Gasteiger partial charge is 0.315 e. The Labute approximate surface area is 135 Å². The largest absolute Gasteiger partial charge is 0.458 e. The van der Waals surface area contributed by atoms with E-state index in [0.29, 0.717) is 6.07 Å². The molecule has 0 saturated carbocycles. The van der Waals surface area contributed by atoms with E-state index in [0.717, 1.165) is 6.07 Å². The Morgan fingerprint density at radius 1 is 1.12 bits per heavy atom. The average molecular weight is 355 g/mol. The van der Waals surface area contributed by atoms with Crippen molar-refractivity contribution in [3.05, 3.63) is 33.9 Å². The van der Waals surface area contributed by atoms with Gasteiger partial charge in [0.15, 0.2) is 0 Å². The van der Waals surface area contributed by atoms with Crippen LogP contribution in [0.2, 0.25) is 0 Å². The van der Waals surface area contributed by atoms with Crippen molar-refractivity contribution in [2.75, 3.05) is 5.43 Å². The molecule has 0 aliphatic rings. The summed E-state index contributed by atoms with van der Waals surface area (Å²) in [6.07, 6.45) is -5.84. The van der Waals surface area contributed by atoms with Crippen LogP contribution < -0.4 is 10.9 Å². The number of hydrogen-bond donors (Lipinski definition) is 2. The predicted octanol–water partition coefficient (Wildman–Crippen LogP) is 4.60. The van der Waals surface area contributed by atoms with Crippen molar-refractivity contribution >= 4 is 11.4 Å². The Hall–Kier alpha value is -1.97. The van der Waals surface area contributed by atoms with Crippen molar-refractivity contribution in [1.82, 2.24) is 5.43 Å². The van der Waals surface area contributed by atoms with Crippen LogP contribution >= 0.6 is 0 Å². The van der Waals surface area contributed by atoms with Crippen LogP contribution in [-0.2, 0) is 5.92 Å². The summed E-state index contributed by atoms with van der Waals surface area (Å²) in [6, 6.07) is 1.54. The zero-order chi connectivity index (χ0) is 18.9. The number of nitro groups is 1. The van der Waals surface area contributed by atoms with Crippen LogP contribution in [0.1, 0.15) is 33.3 Å². The van der Waals surface area contributed by atoms with Gasteiger partial charge in [-0.05, 0) is 25.8 Å². The van der Waals surface area contributed by atoms with Gasteiger partial charge in [0, 0.05) is 17.2 Å². The fourth-order valence-corrected chi connectivity index (χ4v) is 1.52. The summed E-state index contributed by atoms with van der Waals surface area (Å²) in [5, 5.41) is 11.0. The van der Waals surface area contributed by atoms with Crippen molar-refractivity contribution in [3.8, 4) is 0 Å². The molecular formula is C14H18F5N3O2. The monoisotopic (exact) mass is 355 g/mol. The Kier molecular flexibility index (Phi) is 5.44. The second-order valence-corrected chi connectivity index (χ2v) is 6.19. The molecule has 0 atom stereocenters. The van der Waals surface area contributed by atoms with Crippen LogP contribution in [0.15, 0.2) is 18.2 Å².